The molecular weight excluding hydrogens is 449 g/mol. The lowest BCUT2D eigenvalue weighted by atomic mass is 10.1. The van der Waals surface area contributed by atoms with Gasteiger partial charge in [-0.2, -0.15) is 0 Å². The molecule has 0 aromatic heterocycles. The van der Waals surface area contributed by atoms with Crippen LogP contribution in [0.4, 0.5) is 0 Å². The van der Waals surface area contributed by atoms with E-state index in [0.717, 1.165) is 9.13 Å². The maximum absolute atomic E-state index is 12.2. The number of methoxy groups -OCH3 is 3. The highest BCUT2D eigenvalue weighted by atomic mass is 127. The first-order chi connectivity index (χ1) is 12.6. The van der Waals surface area contributed by atoms with Crippen molar-refractivity contribution in [1.82, 2.24) is 0 Å². The minimum atomic E-state index is -0.518. The number of carbonyl (C=O) groups is 1. The lowest BCUT2D eigenvalue weighted by molar-refractivity contribution is -0.129. The molecular formula is C19H16INO5. The third-order valence-electron chi connectivity index (χ3n) is 3.74. The molecule has 2 aromatic rings. The summed E-state index contributed by atoms with van der Waals surface area (Å²) in [7, 11) is 4.59. The molecule has 0 N–H and O–H groups in total. The van der Waals surface area contributed by atoms with Crippen LogP contribution in [-0.4, -0.2) is 33.2 Å². The van der Waals surface area contributed by atoms with Crippen LogP contribution in [0.15, 0.2) is 47.1 Å². The first-order valence-corrected chi connectivity index (χ1v) is 8.72. The lowest BCUT2D eigenvalue weighted by Crippen LogP contribution is -2.05. The van der Waals surface area contributed by atoms with E-state index in [2.05, 4.69) is 27.6 Å². The Labute approximate surface area is 164 Å². The summed E-state index contributed by atoms with van der Waals surface area (Å²) in [4.78, 5) is 16.5. The molecule has 1 aliphatic rings. The van der Waals surface area contributed by atoms with Gasteiger partial charge in [-0.15, -0.1) is 0 Å². The first kappa shape index (κ1) is 18.2. The van der Waals surface area contributed by atoms with Crippen LogP contribution in [0, 0.1) is 3.57 Å². The van der Waals surface area contributed by atoms with E-state index in [1.807, 2.05) is 24.3 Å². The summed E-state index contributed by atoms with van der Waals surface area (Å²) in [6.07, 6.45) is 1.60. The van der Waals surface area contributed by atoms with Gasteiger partial charge in [-0.1, -0.05) is 0 Å². The van der Waals surface area contributed by atoms with Crippen LogP contribution in [0.25, 0.3) is 6.08 Å². The summed E-state index contributed by atoms with van der Waals surface area (Å²) in [5, 5.41) is 0. The molecule has 0 saturated carbocycles. The zero-order valence-electron chi connectivity index (χ0n) is 14.4. The van der Waals surface area contributed by atoms with Gasteiger partial charge < -0.3 is 18.9 Å². The Kier molecular flexibility index (Phi) is 5.46. The van der Waals surface area contributed by atoms with Crippen LogP contribution >= 0.6 is 22.6 Å². The van der Waals surface area contributed by atoms with E-state index in [4.69, 9.17) is 18.9 Å². The summed E-state index contributed by atoms with van der Waals surface area (Å²) >= 11 is 2.21. The molecule has 0 atom stereocenters. The molecule has 0 aliphatic carbocycles. The van der Waals surface area contributed by atoms with Crippen LogP contribution in [0.1, 0.15) is 11.1 Å². The molecule has 1 heterocycles. The first-order valence-electron chi connectivity index (χ1n) is 7.65. The van der Waals surface area contributed by atoms with E-state index in [1.54, 1.807) is 25.3 Å². The molecule has 1 aliphatic heterocycles. The number of ether oxygens (including phenoxy) is 4. The van der Waals surface area contributed by atoms with Gasteiger partial charge in [-0.05, 0) is 65.1 Å². The van der Waals surface area contributed by atoms with Gasteiger partial charge in [-0.3, -0.25) is 0 Å². The van der Waals surface area contributed by atoms with Crippen molar-refractivity contribution in [2.45, 2.75) is 0 Å². The summed E-state index contributed by atoms with van der Waals surface area (Å²) in [5.41, 5.74) is 1.55. The number of benzene rings is 2. The van der Waals surface area contributed by atoms with E-state index in [9.17, 15) is 4.79 Å². The molecule has 7 heteroatoms. The number of hydrogen-bond acceptors (Lipinski definition) is 6. The summed E-state index contributed by atoms with van der Waals surface area (Å²) < 4.78 is 22.4. The van der Waals surface area contributed by atoms with E-state index in [1.165, 1.54) is 14.2 Å². The van der Waals surface area contributed by atoms with Gasteiger partial charge in [0.2, 0.25) is 11.6 Å². The van der Waals surface area contributed by atoms with Crippen molar-refractivity contribution >= 4 is 40.5 Å². The van der Waals surface area contributed by atoms with Gasteiger partial charge in [0.25, 0.3) is 0 Å². The number of cyclic esters (lactones) is 1. The molecule has 0 unspecified atom stereocenters. The number of rotatable bonds is 5. The number of aliphatic imine (C=N–C) groups is 1. The highest BCUT2D eigenvalue weighted by Crippen LogP contribution is 2.40. The smallest absolute Gasteiger partial charge is 0.363 e. The Hall–Kier alpha value is -2.55. The topological polar surface area (TPSA) is 66.4 Å². The zero-order chi connectivity index (χ0) is 18.7. The van der Waals surface area contributed by atoms with Gasteiger partial charge in [-0.25, -0.2) is 9.79 Å². The Bertz CT molecular complexity index is 903. The van der Waals surface area contributed by atoms with Crippen molar-refractivity contribution in [3.05, 3.63) is 56.8 Å². The van der Waals surface area contributed by atoms with Crippen molar-refractivity contribution in [2.24, 2.45) is 4.99 Å². The molecule has 3 rings (SSSR count). The van der Waals surface area contributed by atoms with Crippen molar-refractivity contribution in [3.8, 4) is 17.2 Å². The summed E-state index contributed by atoms with van der Waals surface area (Å²) in [6.45, 7) is 0. The molecule has 2 aromatic carbocycles. The van der Waals surface area contributed by atoms with Crippen molar-refractivity contribution in [3.63, 3.8) is 0 Å². The van der Waals surface area contributed by atoms with Gasteiger partial charge in [0.1, 0.15) is 0 Å². The highest BCUT2D eigenvalue weighted by Gasteiger charge is 2.25. The highest BCUT2D eigenvalue weighted by molar-refractivity contribution is 14.1. The monoisotopic (exact) mass is 465 g/mol. The van der Waals surface area contributed by atoms with Gasteiger partial charge in [0, 0.05) is 14.7 Å². The lowest BCUT2D eigenvalue weighted by Gasteiger charge is -2.14. The SMILES string of the molecule is COc1ccc(/C=C2/N=C(c3ccc(I)cc3)OC2=O)c(OC)c1OC. The molecule has 0 amide bonds. The second-order valence-electron chi connectivity index (χ2n) is 5.27. The molecule has 134 valence electrons. The van der Waals surface area contributed by atoms with E-state index >= 15 is 0 Å². The Morgan fingerprint density at radius 1 is 0.962 bits per heavy atom. The quantitative estimate of drug-likeness (QED) is 0.383. The standard InChI is InChI=1S/C19H16INO5/c1-23-15-9-6-12(16(24-2)17(15)25-3)10-14-19(22)26-18(21-14)11-4-7-13(20)8-5-11/h4-10H,1-3H3/b14-10+. The van der Waals surface area contributed by atoms with Crippen LogP contribution in [0.3, 0.4) is 0 Å². The molecule has 0 saturated heterocycles. The third-order valence-corrected chi connectivity index (χ3v) is 4.46. The minimum absolute atomic E-state index is 0.184. The molecule has 0 spiro atoms. The van der Waals surface area contributed by atoms with Crippen molar-refractivity contribution in [1.29, 1.82) is 0 Å². The second-order valence-corrected chi connectivity index (χ2v) is 6.51. The van der Waals surface area contributed by atoms with Crippen LogP contribution in [0.5, 0.6) is 17.2 Å². The van der Waals surface area contributed by atoms with E-state index in [-0.39, 0.29) is 11.6 Å². The summed E-state index contributed by atoms with van der Waals surface area (Å²) in [6, 6.07) is 11.1. The number of carbonyl (C=O) groups excluding carboxylic acids is 1. The zero-order valence-corrected chi connectivity index (χ0v) is 16.6. The number of nitrogens with zero attached hydrogens (tertiary/aromatic N) is 1. The Morgan fingerprint density at radius 2 is 1.65 bits per heavy atom. The predicted octanol–water partition coefficient (Wildman–Crippen LogP) is 3.66. The molecule has 0 bridgehead atoms. The van der Waals surface area contributed by atoms with Gasteiger partial charge in [0.15, 0.2) is 17.2 Å². The van der Waals surface area contributed by atoms with Crippen LogP contribution in [-0.2, 0) is 9.53 Å². The third kappa shape index (κ3) is 3.52. The Morgan fingerprint density at radius 3 is 2.27 bits per heavy atom. The molecule has 6 nitrogen and oxygen atoms in total. The fourth-order valence-electron chi connectivity index (χ4n) is 2.51. The largest absolute Gasteiger partial charge is 0.493 e. The molecule has 0 radical (unpaired) electrons. The maximum atomic E-state index is 12.2. The van der Waals surface area contributed by atoms with Crippen LogP contribution in [0.2, 0.25) is 0 Å². The maximum Gasteiger partial charge on any atom is 0.363 e. The van der Waals surface area contributed by atoms with Crippen LogP contribution < -0.4 is 14.2 Å². The predicted molar refractivity (Wildman–Crippen MR) is 106 cm³/mol. The van der Waals surface area contributed by atoms with Gasteiger partial charge >= 0.3 is 5.97 Å². The summed E-state index contributed by atoms with van der Waals surface area (Å²) in [5.74, 6) is 1.18. The fourth-order valence-corrected chi connectivity index (χ4v) is 2.87. The van der Waals surface area contributed by atoms with Gasteiger partial charge in [0.05, 0.1) is 21.3 Å². The average molecular weight is 465 g/mol. The Balaban J connectivity index is 2.02. The minimum Gasteiger partial charge on any atom is -0.493 e. The number of halogens is 1. The van der Waals surface area contributed by atoms with E-state index < -0.39 is 5.97 Å². The number of esters is 1. The second kappa shape index (κ2) is 7.77. The fraction of sp³-hybridized carbons (Fsp3) is 0.158. The molecule has 26 heavy (non-hydrogen) atoms. The number of hydrogen-bond donors (Lipinski definition) is 0. The molecule has 0 fully saturated rings. The average Bonchev–Trinajstić information content (AvgIpc) is 3.02. The van der Waals surface area contributed by atoms with Crippen molar-refractivity contribution in [2.75, 3.05) is 21.3 Å². The van der Waals surface area contributed by atoms with E-state index in [0.29, 0.717) is 22.8 Å². The normalized spacial score (nSPS) is 14.8. The van der Waals surface area contributed by atoms with Crippen molar-refractivity contribution < 1.29 is 23.7 Å².